The van der Waals surface area contributed by atoms with Crippen molar-refractivity contribution in [3.8, 4) is 23.7 Å². The van der Waals surface area contributed by atoms with Gasteiger partial charge in [0.25, 0.3) is 0 Å². The van der Waals surface area contributed by atoms with Crippen molar-refractivity contribution in [3.63, 3.8) is 0 Å². The largest absolute Gasteiger partial charge is 0.396 e. The summed E-state index contributed by atoms with van der Waals surface area (Å²) < 4.78 is 10.7. The molecule has 3 rings (SSSR count). The number of rotatable bonds is 4. The molecule has 11 nitrogen and oxygen atoms in total. The normalized spacial score (nSPS) is 37.1. The predicted octanol–water partition coefficient (Wildman–Crippen LogP) is -4.39. The molecule has 2 aliphatic heterocycles. The fraction of sp³-hybridized carbons (Fsp3) is 0.583. The zero-order valence-electron chi connectivity index (χ0n) is 18.7. The van der Waals surface area contributed by atoms with Crippen LogP contribution in [0.2, 0.25) is 0 Å². The van der Waals surface area contributed by atoms with E-state index in [1.165, 1.54) is 0 Å². The average Bonchev–Trinajstić information content (AvgIpc) is 2.86. The first kappa shape index (κ1) is 27.5. The topological polar surface area (TPSA) is 201 Å². The average molecular weight is 494 g/mol. The Morgan fingerprint density at radius 1 is 0.657 bits per heavy atom. The van der Waals surface area contributed by atoms with E-state index in [0.717, 1.165) is 0 Å². The standard InChI is InChI=1S/C24H30O11/c25-8-7-14-9-12(2-5-15-19(28)23(32)21(30)17(10-26)34-15)1-3-13(14)4-6-16-20(29)24(33)22(31)18(11-27)35-16/h1,3,9,15-33H,7-8,10-11H2. The molecule has 0 amide bonds. The smallest absolute Gasteiger partial charge is 0.147 e. The summed E-state index contributed by atoms with van der Waals surface area (Å²) in [6.45, 7) is -1.33. The minimum atomic E-state index is -1.54. The van der Waals surface area contributed by atoms with Gasteiger partial charge in [-0.15, -0.1) is 0 Å². The Balaban J connectivity index is 1.81. The van der Waals surface area contributed by atoms with Gasteiger partial charge in [-0.1, -0.05) is 23.7 Å². The Bertz CT molecular complexity index is 973. The highest BCUT2D eigenvalue weighted by atomic mass is 16.5. The van der Waals surface area contributed by atoms with Gasteiger partial charge in [0, 0.05) is 17.7 Å². The zero-order valence-corrected chi connectivity index (χ0v) is 18.7. The summed E-state index contributed by atoms with van der Waals surface area (Å²) in [4.78, 5) is 0. The number of aliphatic hydroxyl groups excluding tert-OH is 9. The third-order valence-corrected chi connectivity index (χ3v) is 5.98. The Kier molecular flexibility index (Phi) is 9.61. The second-order valence-corrected chi connectivity index (χ2v) is 8.38. The van der Waals surface area contributed by atoms with Crippen LogP contribution in [-0.2, 0) is 15.9 Å². The van der Waals surface area contributed by atoms with Gasteiger partial charge in [-0.2, -0.15) is 0 Å². The zero-order chi connectivity index (χ0) is 25.7. The fourth-order valence-electron chi connectivity index (χ4n) is 3.87. The van der Waals surface area contributed by atoms with E-state index < -0.39 is 74.3 Å². The lowest BCUT2D eigenvalue weighted by molar-refractivity contribution is -0.214. The van der Waals surface area contributed by atoms with Crippen LogP contribution in [0, 0.1) is 23.7 Å². The first-order chi connectivity index (χ1) is 16.7. The SMILES string of the molecule is OCCc1cc(C#CC2OC(CO)C(O)C(O)C2O)ccc1C#CC1OC(CO)C(O)C(O)C1O. The molecule has 1 aromatic carbocycles. The van der Waals surface area contributed by atoms with Crippen LogP contribution in [0.5, 0.6) is 0 Å². The lowest BCUT2D eigenvalue weighted by Crippen LogP contribution is -2.58. The van der Waals surface area contributed by atoms with E-state index in [9.17, 15) is 46.0 Å². The first-order valence-corrected chi connectivity index (χ1v) is 11.1. The van der Waals surface area contributed by atoms with Gasteiger partial charge in [-0.25, -0.2) is 0 Å². The Labute approximate surface area is 201 Å². The molecule has 2 heterocycles. The molecule has 0 radical (unpaired) electrons. The Morgan fingerprint density at radius 3 is 1.66 bits per heavy atom. The van der Waals surface area contributed by atoms with Gasteiger partial charge in [-0.3, -0.25) is 0 Å². The molecule has 2 saturated heterocycles. The van der Waals surface area contributed by atoms with Crippen molar-refractivity contribution in [3.05, 3.63) is 34.9 Å². The van der Waals surface area contributed by atoms with E-state index in [4.69, 9.17) is 9.47 Å². The third kappa shape index (κ3) is 6.19. The van der Waals surface area contributed by atoms with Crippen LogP contribution in [0.1, 0.15) is 16.7 Å². The summed E-state index contributed by atoms with van der Waals surface area (Å²) in [6.07, 6.45) is -13.3. The van der Waals surface area contributed by atoms with Crippen LogP contribution in [0.4, 0.5) is 0 Å². The molecule has 0 aromatic heterocycles. The van der Waals surface area contributed by atoms with Crippen molar-refractivity contribution in [1.29, 1.82) is 0 Å². The van der Waals surface area contributed by atoms with Gasteiger partial charge in [0.15, 0.2) is 0 Å². The summed E-state index contributed by atoms with van der Waals surface area (Å²) in [5.74, 6) is 11.0. The van der Waals surface area contributed by atoms with Gasteiger partial charge in [0.05, 0.1) is 13.2 Å². The summed E-state index contributed by atoms with van der Waals surface area (Å²) in [6, 6.07) is 4.86. The second kappa shape index (κ2) is 12.2. The van der Waals surface area contributed by atoms with E-state index in [2.05, 4.69) is 23.7 Å². The van der Waals surface area contributed by atoms with E-state index in [1.54, 1.807) is 18.2 Å². The highest BCUT2D eigenvalue weighted by Crippen LogP contribution is 2.22. The molecule has 192 valence electrons. The van der Waals surface area contributed by atoms with Crippen molar-refractivity contribution in [2.45, 2.75) is 67.5 Å². The molecule has 0 spiro atoms. The summed E-state index contributed by atoms with van der Waals surface area (Å²) in [7, 11) is 0. The molecular formula is C24H30O11. The van der Waals surface area contributed by atoms with Crippen LogP contribution in [0.3, 0.4) is 0 Å². The monoisotopic (exact) mass is 494 g/mol. The van der Waals surface area contributed by atoms with Crippen molar-refractivity contribution < 1.29 is 55.4 Å². The Hall–Kier alpha value is -2.10. The van der Waals surface area contributed by atoms with E-state index >= 15 is 0 Å². The van der Waals surface area contributed by atoms with Crippen molar-refractivity contribution in [1.82, 2.24) is 0 Å². The molecule has 10 unspecified atom stereocenters. The van der Waals surface area contributed by atoms with Gasteiger partial charge in [0.2, 0.25) is 0 Å². The van der Waals surface area contributed by atoms with E-state index in [0.29, 0.717) is 16.7 Å². The molecule has 0 bridgehead atoms. The van der Waals surface area contributed by atoms with Crippen molar-refractivity contribution in [2.24, 2.45) is 0 Å². The number of hydrogen-bond acceptors (Lipinski definition) is 11. The molecule has 2 aliphatic rings. The van der Waals surface area contributed by atoms with E-state index in [1.807, 2.05) is 0 Å². The minimum Gasteiger partial charge on any atom is -0.396 e. The summed E-state index contributed by atoms with van der Waals surface area (Å²) >= 11 is 0. The molecule has 11 heteroatoms. The van der Waals surface area contributed by atoms with Gasteiger partial charge < -0.3 is 55.4 Å². The molecule has 35 heavy (non-hydrogen) atoms. The molecule has 10 atom stereocenters. The lowest BCUT2D eigenvalue weighted by atomic mass is 9.94. The summed E-state index contributed by atoms with van der Waals surface area (Å²) in [5, 5.41) is 87.8. The second-order valence-electron chi connectivity index (χ2n) is 8.38. The Morgan fingerprint density at radius 2 is 1.17 bits per heavy atom. The predicted molar refractivity (Wildman–Crippen MR) is 119 cm³/mol. The summed E-state index contributed by atoms with van der Waals surface area (Å²) in [5.41, 5.74) is 1.56. The maximum absolute atomic E-state index is 10.1. The van der Waals surface area contributed by atoms with Crippen LogP contribution in [-0.4, -0.2) is 127 Å². The van der Waals surface area contributed by atoms with Crippen molar-refractivity contribution in [2.75, 3.05) is 19.8 Å². The fourth-order valence-corrected chi connectivity index (χ4v) is 3.87. The molecule has 9 N–H and O–H groups in total. The third-order valence-electron chi connectivity index (χ3n) is 5.98. The number of benzene rings is 1. The molecule has 2 fully saturated rings. The maximum atomic E-state index is 10.1. The van der Waals surface area contributed by atoms with Crippen LogP contribution >= 0.6 is 0 Å². The number of ether oxygens (including phenoxy) is 2. The first-order valence-electron chi connectivity index (χ1n) is 11.1. The van der Waals surface area contributed by atoms with Gasteiger partial charge >= 0.3 is 0 Å². The van der Waals surface area contributed by atoms with Gasteiger partial charge in [-0.05, 0) is 30.2 Å². The van der Waals surface area contributed by atoms with Crippen LogP contribution in [0.25, 0.3) is 0 Å². The van der Waals surface area contributed by atoms with Crippen molar-refractivity contribution >= 4 is 0 Å². The van der Waals surface area contributed by atoms with Crippen LogP contribution in [0.15, 0.2) is 18.2 Å². The molecule has 1 aromatic rings. The molecule has 0 saturated carbocycles. The quantitative estimate of drug-likeness (QED) is 0.183. The minimum absolute atomic E-state index is 0.196. The van der Waals surface area contributed by atoms with Gasteiger partial charge in [0.1, 0.15) is 61.0 Å². The molecular weight excluding hydrogens is 464 g/mol. The number of hydrogen-bond donors (Lipinski definition) is 9. The van der Waals surface area contributed by atoms with E-state index in [-0.39, 0.29) is 13.0 Å². The van der Waals surface area contributed by atoms with Crippen LogP contribution < -0.4 is 0 Å². The molecule has 0 aliphatic carbocycles. The highest BCUT2D eigenvalue weighted by Gasteiger charge is 2.43. The lowest BCUT2D eigenvalue weighted by Gasteiger charge is -2.37. The number of aliphatic hydroxyl groups is 9. The highest BCUT2D eigenvalue weighted by molar-refractivity contribution is 5.48. The maximum Gasteiger partial charge on any atom is 0.147 e.